The van der Waals surface area contributed by atoms with Gasteiger partial charge in [-0.25, -0.2) is 8.42 Å². The van der Waals surface area contributed by atoms with Crippen LogP contribution in [0.5, 0.6) is 5.75 Å². The Hall–Kier alpha value is -2.13. The molecule has 0 radical (unpaired) electrons. The molecule has 0 spiro atoms. The molecule has 31 heavy (non-hydrogen) atoms. The lowest BCUT2D eigenvalue weighted by atomic mass is 9.96. The number of nitrogens with zero attached hydrogens (tertiary/aromatic N) is 1. The Balaban J connectivity index is 1.42. The van der Waals surface area contributed by atoms with Crippen LogP contribution in [-0.2, 0) is 26.0 Å². The van der Waals surface area contributed by atoms with Crippen molar-refractivity contribution in [2.45, 2.75) is 37.4 Å². The van der Waals surface area contributed by atoms with E-state index in [4.69, 9.17) is 21.1 Å². The minimum Gasteiger partial charge on any atom is -0.492 e. The van der Waals surface area contributed by atoms with E-state index in [1.807, 2.05) is 19.9 Å². The molecule has 7 nitrogen and oxygen atoms in total. The average molecular weight is 465 g/mol. The van der Waals surface area contributed by atoms with Crippen molar-refractivity contribution in [3.05, 3.63) is 53.1 Å². The number of sulfonamides is 1. The second-order valence-electron chi connectivity index (χ2n) is 8.06. The highest BCUT2D eigenvalue weighted by Crippen LogP contribution is 2.30. The van der Waals surface area contributed by atoms with Gasteiger partial charge in [0.15, 0.2) is 0 Å². The summed E-state index contributed by atoms with van der Waals surface area (Å²) < 4.78 is 38.7. The van der Waals surface area contributed by atoms with Crippen LogP contribution in [0.4, 0.5) is 5.69 Å². The fourth-order valence-electron chi connectivity index (χ4n) is 3.96. The molecule has 0 saturated carbocycles. The topological polar surface area (TPSA) is 84.9 Å². The molecule has 2 aromatic rings. The Morgan fingerprint density at radius 1 is 1.10 bits per heavy atom. The lowest BCUT2D eigenvalue weighted by molar-refractivity contribution is -0.121. The Bertz CT molecular complexity index is 1060. The van der Waals surface area contributed by atoms with E-state index < -0.39 is 10.0 Å². The van der Waals surface area contributed by atoms with Crippen molar-refractivity contribution in [1.29, 1.82) is 0 Å². The Labute approximate surface area is 187 Å². The molecule has 9 heteroatoms. The number of fused-ring (bicyclic) bond motifs is 1. The molecule has 166 valence electrons. The number of anilines is 1. The van der Waals surface area contributed by atoms with Crippen molar-refractivity contribution in [2.24, 2.45) is 5.92 Å². The molecule has 2 aromatic carbocycles. The number of carbonyl (C=O) groups is 1. The summed E-state index contributed by atoms with van der Waals surface area (Å²) in [6.07, 6.45) is 0.214. The smallest absolute Gasteiger partial charge is 0.243 e. The summed E-state index contributed by atoms with van der Waals surface area (Å²) in [5.41, 5.74) is 1.43. The minimum absolute atomic E-state index is 0.158. The molecule has 1 N–H and O–H groups in total. The van der Waals surface area contributed by atoms with Crippen LogP contribution in [0.3, 0.4) is 0 Å². The van der Waals surface area contributed by atoms with E-state index in [1.165, 1.54) is 16.4 Å². The lowest BCUT2D eigenvalue weighted by Crippen LogP contribution is -2.48. The highest BCUT2D eigenvalue weighted by atomic mass is 35.5. The van der Waals surface area contributed by atoms with Gasteiger partial charge >= 0.3 is 0 Å². The highest BCUT2D eigenvalue weighted by molar-refractivity contribution is 7.89. The number of ether oxygens (including phenoxy) is 2. The number of carbonyl (C=O) groups excluding carboxylic acids is 1. The maximum absolute atomic E-state index is 13.0. The maximum Gasteiger partial charge on any atom is 0.243 e. The summed E-state index contributed by atoms with van der Waals surface area (Å²) in [6.45, 7) is 4.63. The molecule has 1 saturated heterocycles. The molecular formula is C22H25ClN2O5S. The number of amides is 1. The van der Waals surface area contributed by atoms with Gasteiger partial charge in [0.25, 0.3) is 0 Å². The van der Waals surface area contributed by atoms with Crippen LogP contribution in [0, 0.1) is 5.92 Å². The van der Waals surface area contributed by atoms with E-state index in [1.54, 1.807) is 24.3 Å². The minimum atomic E-state index is -3.62. The first kappa shape index (κ1) is 22.1. The van der Waals surface area contributed by atoms with Crippen LogP contribution in [0.15, 0.2) is 47.4 Å². The van der Waals surface area contributed by atoms with Gasteiger partial charge in [-0.05, 0) is 68.3 Å². The molecule has 0 aromatic heterocycles. The van der Waals surface area contributed by atoms with E-state index in [0.717, 1.165) is 11.3 Å². The predicted molar refractivity (Wildman–Crippen MR) is 118 cm³/mol. The van der Waals surface area contributed by atoms with Crippen molar-refractivity contribution in [3.8, 4) is 5.75 Å². The van der Waals surface area contributed by atoms with Crippen molar-refractivity contribution in [1.82, 2.24) is 4.31 Å². The van der Waals surface area contributed by atoms with Crippen LogP contribution in [0.1, 0.15) is 19.4 Å². The van der Waals surface area contributed by atoms with Gasteiger partial charge in [-0.3, -0.25) is 4.79 Å². The van der Waals surface area contributed by atoms with E-state index in [9.17, 15) is 13.2 Å². The van der Waals surface area contributed by atoms with Gasteiger partial charge in [0.05, 0.1) is 23.0 Å². The molecule has 4 rings (SSSR count). The van der Waals surface area contributed by atoms with Crippen molar-refractivity contribution >= 4 is 33.2 Å². The number of morpholine rings is 1. The van der Waals surface area contributed by atoms with Gasteiger partial charge in [0, 0.05) is 23.8 Å². The molecule has 0 aliphatic carbocycles. The largest absolute Gasteiger partial charge is 0.492 e. The summed E-state index contributed by atoms with van der Waals surface area (Å²) in [6, 6.07) is 11.6. The molecule has 2 heterocycles. The van der Waals surface area contributed by atoms with Gasteiger partial charge in [-0.2, -0.15) is 4.31 Å². The SMILES string of the molecule is C[C@@H]1CN(S(=O)(=O)c2ccc(NC(=O)[C@H]3COc4ccc(Cl)cc4C3)cc2)C[C@H](C)O1. The summed E-state index contributed by atoms with van der Waals surface area (Å²) in [4.78, 5) is 12.9. The third-order valence-corrected chi connectivity index (χ3v) is 7.53. The third kappa shape index (κ3) is 4.87. The standard InChI is InChI=1S/C22H25ClN2O5S/c1-14-11-25(12-15(2)30-14)31(27,28)20-6-4-19(5-7-20)24-22(26)17-9-16-10-18(23)3-8-21(16)29-13-17/h3-8,10,14-15,17H,9,11-13H2,1-2H3,(H,24,26)/t14-,15+,17-/m1/s1. The summed E-state index contributed by atoms with van der Waals surface area (Å²) in [5.74, 6) is 0.206. The molecule has 0 unspecified atom stereocenters. The molecule has 0 bridgehead atoms. The predicted octanol–water partition coefficient (Wildman–Crippen LogP) is 3.33. The maximum atomic E-state index is 13.0. The monoisotopic (exact) mass is 464 g/mol. The number of benzene rings is 2. The van der Waals surface area contributed by atoms with Gasteiger partial charge in [-0.1, -0.05) is 11.6 Å². The van der Waals surface area contributed by atoms with Crippen LogP contribution in [0.25, 0.3) is 0 Å². The summed E-state index contributed by atoms with van der Waals surface area (Å²) >= 11 is 6.04. The quantitative estimate of drug-likeness (QED) is 0.750. The van der Waals surface area contributed by atoms with Crippen LogP contribution < -0.4 is 10.1 Å². The van der Waals surface area contributed by atoms with E-state index in [2.05, 4.69) is 5.32 Å². The van der Waals surface area contributed by atoms with Crippen molar-refractivity contribution < 1.29 is 22.7 Å². The number of hydrogen-bond donors (Lipinski definition) is 1. The zero-order valence-corrected chi connectivity index (χ0v) is 18.9. The fraction of sp³-hybridized carbons (Fsp3) is 0.409. The molecule has 2 aliphatic rings. The molecule has 3 atom stereocenters. The zero-order chi connectivity index (χ0) is 22.2. The van der Waals surface area contributed by atoms with Crippen molar-refractivity contribution in [2.75, 3.05) is 25.0 Å². The zero-order valence-electron chi connectivity index (χ0n) is 17.4. The van der Waals surface area contributed by atoms with E-state index in [-0.39, 0.29) is 35.5 Å². The number of halogens is 1. The average Bonchev–Trinajstić information content (AvgIpc) is 2.73. The van der Waals surface area contributed by atoms with Crippen LogP contribution in [0.2, 0.25) is 5.02 Å². The van der Waals surface area contributed by atoms with Crippen LogP contribution in [-0.4, -0.2) is 50.5 Å². The van der Waals surface area contributed by atoms with E-state index in [0.29, 0.717) is 30.2 Å². The lowest BCUT2D eigenvalue weighted by Gasteiger charge is -2.34. The highest BCUT2D eigenvalue weighted by Gasteiger charge is 2.32. The first-order chi connectivity index (χ1) is 14.7. The molecule has 1 fully saturated rings. The Morgan fingerprint density at radius 2 is 1.77 bits per heavy atom. The normalized spacial score (nSPS) is 24.2. The molecular weight excluding hydrogens is 440 g/mol. The second kappa shape index (κ2) is 8.78. The van der Waals surface area contributed by atoms with Gasteiger partial charge < -0.3 is 14.8 Å². The van der Waals surface area contributed by atoms with Crippen LogP contribution >= 0.6 is 11.6 Å². The summed E-state index contributed by atoms with van der Waals surface area (Å²) in [5, 5.41) is 3.45. The number of hydrogen-bond acceptors (Lipinski definition) is 5. The molecule has 2 aliphatic heterocycles. The first-order valence-electron chi connectivity index (χ1n) is 10.2. The molecule has 1 amide bonds. The fourth-order valence-corrected chi connectivity index (χ4v) is 5.75. The van der Waals surface area contributed by atoms with Crippen molar-refractivity contribution in [3.63, 3.8) is 0 Å². The number of nitrogens with one attached hydrogen (secondary N) is 1. The van der Waals surface area contributed by atoms with E-state index >= 15 is 0 Å². The Morgan fingerprint density at radius 3 is 2.45 bits per heavy atom. The third-order valence-electron chi connectivity index (χ3n) is 5.45. The Kier molecular flexibility index (Phi) is 6.25. The number of rotatable bonds is 4. The van der Waals surface area contributed by atoms with Gasteiger partial charge in [-0.15, -0.1) is 0 Å². The second-order valence-corrected chi connectivity index (χ2v) is 10.4. The van der Waals surface area contributed by atoms with Gasteiger partial charge in [0.2, 0.25) is 15.9 Å². The van der Waals surface area contributed by atoms with Gasteiger partial charge in [0.1, 0.15) is 12.4 Å². The first-order valence-corrected chi connectivity index (χ1v) is 12.0. The summed E-state index contributed by atoms with van der Waals surface area (Å²) in [7, 11) is -3.62.